The third-order valence-electron chi connectivity index (χ3n) is 11.1. The normalized spacial score (nSPS) is 14.2. The predicted octanol–water partition coefficient (Wildman–Crippen LogP) is 12.7. The summed E-state index contributed by atoms with van der Waals surface area (Å²) in [5, 5.41) is 13.9. The van der Waals surface area contributed by atoms with Gasteiger partial charge in [0.05, 0.1) is 39.9 Å². The van der Waals surface area contributed by atoms with E-state index in [1.54, 1.807) is 0 Å². The van der Waals surface area contributed by atoms with E-state index in [0.29, 0.717) is 23.9 Å². The number of likely N-dealkylation sites (N-methyl/N-ethyl adjacent to an activating group) is 1. The number of rotatable bonds is 44. The minimum Gasteiger partial charge on any atom is -0.756 e. The molecule has 9 heteroatoms. The van der Waals surface area contributed by atoms with Gasteiger partial charge in [-0.05, 0) is 12.8 Å². The number of amides is 1. The van der Waals surface area contributed by atoms with E-state index in [0.717, 1.165) is 38.5 Å². The molecule has 0 bridgehead atoms. The maximum Gasteiger partial charge on any atom is 0.268 e. The highest BCUT2D eigenvalue weighted by Gasteiger charge is 2.24. The molecule has 0 aliphatic rings. The smallest absolute Gasteiger partial charge is 0.268 e. The summed E-state index contributed by atoms with van der Waals surface area (Å²) in [6.45, 7) is 4.74. The Morgan fingerprint density at radius 3 is 1.24 bits per heavy atom. The lowest BCUT2D eigenvalue weighted by Crippen LogP contribution is -2.46. The van der Waals surface area contributed by atoms with Gasteiger partial charge in [-0.1, -0.05) is 219 Å². The number of hydrogen-bond donors (Lipinski definition) is 2. The summed E-state index contributed by atoms with van der Waals surface area (Å²) in [5.74, 6) is -0.160. The molecule has 2 N–H and O–H groups in total. The number of phosphoric ester groups is 1. The number of hydrogen-bond acceptors (Lipinski definition) is 6. The number of carbonyl (C=O) groups is 1. The Balaban J connectivity index is 4.23. The van der Waals surface area contributed by atoms with Crippen molar-refractivity contribution in [2.45, 2.75) is 251 Å². The fourth-order valence-corrected chi connectivity index (χ4v) is 8.00. The molecule has 55 heavy (non-hydrogen) atoms. The van der Waals surface area contributed by atoms with E-state index in [1.165, 1.54) is 173 Å². The quantitative estimate of drug-likeness (QED) is 0.0361. The first-order valence-electron chi connectivity index (χ1n) is 23.9. The van der Waals surface area contributed by atoms with Gasteiger partial charge >= 0.3 is 0 Å². The molecule has 0 spiro atoms. The predicted molar refractivity (Wildman–Crippen MR) is 233 cm³/mol. The Morgan fingerprint density at radius 1 is 0.564 bits per heavy atom. The van der Waals surface area contributed by atoms with Gasteiger partial charge in [-0.25, -0.2) is 0 Å². The highest BCUT2D eigenvalue weighted by molar-refractivity contribution is 7.45. The van der Waals surface area contributed by atoms with Gasteiger partial charge in [-0.15, -0.1) is 0 Å². The number of aliphatic hydroxyl groups excluding tert-OH is 1. The van der Waals surface area contributed by atoms with Gasteiger partial charge in [0.15, 0.2) is 0 Å². The summed E-state index contributed by atoms with van der Waals surface area (Å²) in [7, 11) is 1.32. The van der Waals surface area contributed by atoms with E-state index in [4.69, 9.17) is 9.05 Å². The second-order valence-corrected chi connectivity index (χ2v) is 19.2. The van der Waals surface area contributed by atoms with Crippen LogP contribution in [-0.2, 0) is 18.4 Å². The van der Waals surface area contributed by atoms with Crippen molar-refractivity contribution in [2.24, 2.45) is 0 Å². The summed E-state index contributed by atoms with van der Waals surface area (Å²) in [6.07, 6.45) is 42.5. The number of quaternary nitrogens is 1. The SMILES string of the molecule is CCCCCCCCCCCCCCCCCCCCCCC(=O)NC(COP(=O)([O-])OCC[N+](C)(C)C)C(O)CCCCCCCCCCCCCCC. The summed E-state index contributed by atoms with van der Waals surface area (Å²) in [6, 6.07) is -0.792. The average molecular weight is 803 g/mol. The molecular weight excluding hydrogens is 707 g/mol. The molecule has 0 rings (SSSR count). The second kappa shape index (κ2) is 39.0. The van der Waals surface area contributed by atoms with Gasteiger partial charge in [-0.3, -0.25) is 9.36 Å². The van der Waals surface area contributed by atoms with Crippen LogP contribution in [0.5, 0.6) is 0 Å². The molecule has 0 saturated heterocycles. The Bertz CT molecular complexity index is 870. The molecule has 0 heterocycles. The minimum absolute atomic E-state index is 0.0161. The number of phosphoric acid groups is 1. The Hall–Kier alpha value is -0.500. The van der Waals surface area contributed by atoms with E-state index < -0.39 is 20.0 Å². The lowest BCUT2D eigenvalue weighted by molar-refractivity contribution is -0.870. The van der Waals surface area contributed by atoms with E-state index >= 15 is 0 Å². The van der Waals surface area contributed by atoms with Gasteiger partial charge < -0.3 is 28.8 Å². The summed E-state index contributed by atoms with van der Waals surface area (Å²) in [5.41, 5.74) is 0. The van der Waals surface area contributed by atoms with Crippen LogP contribution in [0.25, 0.3) is 0 Å². The van der Waals surface area contributed by atoms with Crippen LogP contribution in [0, 0.1) is 0 Å². The molecule has 1 amide bonds. The van der Waals surface area contributed by atoms with E-state index in [1.807, 2.05) is 21.1 Å². The molecule has 0 aromatic heterocycles. The Morgan fingerprint density at radius 2 is 0.891 bits per heavy atom. The number of carbonyl (C=O) groups excluding carboxylic acids is 1. The van der Waals surface area contributed by atoms with Crippen LogP contribution in [0.4, 0.5) is 0 Å². The monoisotopic (exact) mass is 803 g/mol. The van der Waals surface area contributed by atoms with Crippen LogP contribution >= 0.6 is 7.82 Å². The van der Waals surface area contributed by atoms with Crippen molar-refractivity contribution in [3.8, 4) is 0 Å². The molecule has 0 aromatic rings. The first kappa shape index (κ1) is 54.5. The maximum absolute atomic E-state index is 12.9. The second-order valence-electron chi connectivity index (χ2n) is 17.8. The maximum atomic E-state index is 12.9. The summed E-state index contributed by atoms with van der Waals surface area (Å²) in [4.78, 5) is 25.4. The van der Waals surface area contributed by atoms with Crippen molar-refractivity contribution in [1.29, 1.82) is 0 Å². The first-order chi connectivity index (χ1) is 26.5. The molecule has 0 aliphatic carbocycles. The van der Waals surface area contributed by atoms with Gasteiger partial charge in [0.25, 0.3) is 7.82 Å². The third-order valence-corrected chi connectivity index (χ3v) is 12.1. The highest BCUT2D eigenvalue weighted by atomic mass is 31.2. The molecule has 3 atom stereocenters. The fraction of sp³-hybridized carbons (Fsp3) is 0.978. The van der Waals surface area contributed by atoms with Gasteiger partial charge in [0, 0.05) is 6.42 Å². The van der Waals surface area contributed by atoms with E-state index in [-0.39, 0.29) is 19.1 Å². The zero-order chi connectivity index (χ0) is 40.7. The van der Waals surface area contributed by atoms with Crippen molar-refractivity contribution in [3.63, 3.8) is 0 Å². The van der Waals surface area contributed by atoms with Crippen LogP contribution in [-0.4, -0.2) is 68.5 Å². The lowest BCUT2D eigenvalue weighted by atomic mass is 10.0. The van der Waals surface area contributed by atoms with Crippen LogP contribution in [0.15, 0.2) is 0 Å². The first-order valence-corrected chi connectivity index (χ1v) is 25.3. The Labute approximate surface area is 342 Å². The lowest BCUT2D eigenvalue weighted by Gasteiger charge is -2.30. The number of aliphatic hydroxyl groups is 1. The topological polar surface area (TPSA) is 108 Å². The number of nitrogens with one attached hydrogen (secondary N) is 1. The zero-order valence-corrected chi connectivity index (χ0v) is 38.3. The molecule has 3 unspecified atom stereocenters. The Kier molecular flexibility index (Phi) is 38.6. The number of nitrogens with zero attached hydrogens (tertiary/aromatic N) is 1. The highest BCUT2D eigenvalue weighted by Crippen LogP contribution is 2.38. The van der Waals surface area contributed by atoms with Crippen LogP contribution in [0.3, 0.4) is 0 Å². The van der Waals surface area contributed by atoms with Crippen LogP contribution in [0.2, 0.25) is 0 Å². The molecule has 0 radical (unpaired) electrons. The van der Waals surface area contributed by atoms with Gasteiger partial charge in [-0.2, -0.15) is 0 Å². The summed E-state index contributed by atoms with van der Waals surface area (Å²) >= 11 is 0. The van der Waals surface area contributed by atoms with Crippen molar-refractivity contribution in [2.75, 3.05) is 40.9 Å². The zero-order valence-electron chi connectivity index (χ0n) is 37.4. The average Bonchev–Trinajstić information content (AvgIpc) is 3.13. The van der Waals surface area contributed by atoms with Crippen molar-refractivity contribution in [1.82, 2.24) is 5.32 Å². The summed E-state index contributed by atoms with van der Waals surface area (Å²) < 4.78 is 23.3. The molecule has 0 aromatic carbocycles. The molecule has 0 saturated carbocycles. The third kappa shape index (κ3) is 41.5. The van der Waals surface area contributed by atoms with Gasteiger partial charge in [0.2, 0.25) is 5.91 Å². The van der Waals surface area contributed by atoms with E-state index in [2.05, 4.69) is 19.2 Å². The minimum atomic E-state index is -4.56. The van der Waals surface area contributed by atoms with Gasteiger partial charge in [0.1, 0.15) is 13.2 Å². The molecule has 330 valence electrons. The fourth-order valence-electron chi connectivity index (χ4n) is 7.28. The van der Waals surface area contributed by atoms with Crippen molar-refractivity contribution in [3.05, 3.63) is 0 Å². The molecule has 0 aliphatic heterocycles. The van der Waals surface area contributed by atoms with E-state index in [9.17, 15) is 19.4 Å². The molecular formula is C46H95N2O6P. The van der Waals surface area contributed by atoms with Crippen LogP contribution < -0.4 is 10.2 Å². The number of unbranched alkanes of at least 4 members (excludes halogenated alkanes) is 31. The van der Waals surface area contributed by atoms with Crippen molar-refractivity contribution < 1.29 is 32.9 Å². The molecule has 8 nitrogen and oxygen atoms in total. The van der Waals surface area contributed by atoms with Crippen LogP contribution in [0.1, 0.15) is 239 Å². The largest absolute Gasteiger partial charge is 0.756 e. The standard InChI is InChI=1S/C46H95N2O6P/c1-6-8-10-12-14-16-18-20-21-22-23-24-25-26-28-30-32-34-36-38-40-46(50)47-44(43-54-55(51,52)53-42-41-48(3,4)5)45(49)39-37-35-33-31-29-27-19-17-15-13-11-9-7-2/h44-45,49H,6-43H2,1-5H3,(H-,47,50,51,52). The van der Waals surface area contributed by atoms with Crippen molar-refractivity contribution >= 4 is 13.7 Å². The molecule has 0 fully saturated rings.